The predicted octanol–water partition coefficient (Wildman–Crippen LogP) is 12.0. The maximum Gasteiger partial charge on any atom is 0.0321 e. The van der Waals surface area contributed by atoms with Crippen molar-refractivity contribution in [1.82, 2.24) is 0 Å². The van der Waals surface area contributed by atoms with Crippen LogP contribution in [0.3, 0.4) is 0 Å². The molecular formula is C43H30S. The highest BCUT2D eigenvalue weighted by atomic mass is 32.1. The third-order valence-corrected chi connectivity index (χ3v) is 8.73. The molecule has 0 aliphatic heterocycles. The second-order valence-electron chi connectivity index (χ2n) is 10.9. The summed E-state index contributed by atoms with van der Waals surface area (Å²) >= 11 is 5.22. The van der Waals surface area contributed by atoms with Gasteiger partial charge in [0.15, 0.2) is 0 Å². The molecule has 0 fully saturated rings. The molecule has 0 nitrogen and oxygen atoms in total. The molecule has 0 spiro atoms. The smallest absolute Gasteiger partial charge is 0.0321 e. The normalized spacial score (nSPS) is 11.9. The van der Waals surface area contributed by atoms with Gasteiger partial charge in [0, 0.05) is 10.5 Å². The zero-order chi connectivity index (χ0) is 30.0. The number of thiol groups is 1. The van der Waals surface area contributed by atoms with Crippen molar-refractivity contribution in [1.29, 1.82) is 0 Å². The molecule has 0 radical (unpaired) electrons. The predicted molar refractivity (Wildman–Crippen MR) is 194 cm³/mol. The van der Waals surface area contributed by atoms with Crippen molar-refractivity contribution in [2.45, 2.75) is 11.8 Å². The average Bonchev–Trinajstić information content (AvgIpc) is 3.08. The van der Waals surface area contributed by atoms with Crippen molar-refractivity contribution in [3.63, 3.8) is 0 Å². The average molecular weight is 579 g/mol. The first-order valence-electron chi connectivity index (χ1n) is 14.8. The molecule has 0 atom stereocenters. The Kier molecular flexibility index (Phi) is 7.37. The van der Waals surface area contributed by atoms with Crippen LogP contribution in [0.1, 0.15) is 12.5 Å². The van der Waals surface area contributed by atoms with Crippen LogP contribution in [0.15, 0.2) is 157 Å². The van der Waals surface area contributed by atoms with E-state index in [0.717, 1.165) is 37.9 Å². The molecule has 0 N–H and O–H groups in total. The largest absolute Gasteiger partial charge is 0.143 e. The second kappa shape index (κ2) is 11.8. The van der Waals surface area contributed by atoms with Gasteiger partial charge in [-0.05, 0) is 96.4 Å². The quantitative estimate of drug-likeness (QED) is 0.0893. The molecule has 0 amide bonds. The molecule has 7 aromatic carbocycles. The number of rotatable bonds is 5. The fourth-order valence-electron chi connectivity index (χ4n) is 6.44. The van der Waals surface area contributed by atoms with Gasteiger partial charge in [0.05, 0.1) is 0 Å². The van der Waals surface area contributed by atoms with E-state index in [1.54, 1.807) is 0 Å². The minimum atomic E-state index is 0.837. The summed E-state index contributed by atoms with van der Waals surface area (Å²) in [6.07, 6.45) is 12.2. The zero-order valence-electron chi connectivity index (χ0n) is 24.5. The van der Waals surface area contributed by atoms with Crippen LogP contribution in [0.4, 0.5) is 0 Å². The summed E-state index contributed by atoms with van der Waals surface area (Å²) in [5.41, 5.74) is 8.80. The minimum absolute atomic E-state index is 0.837. The van der Waals surface area contributed by atoms with E-state index in [1.807, 2.05) is 25.2 Å². The summed E-state index contributed by atoms with van der Waals surface area (Å²) in [7, 11) is 0. The summed E-state index contributed by atoms with van der Waals surface area (Å²) < 4.78 is 0. The van der Waals surface area contributed by atoms with Crippen molar-refractivity contribution < 1.29 is 0 Å². The zero-order valence-corrected chi connectivity index (χ0v) is 25.4. The molecule has 0 unspecified atom stereocenters. The molecular weight excluding hydrogens is 549 g/mol. The Balaban J connectivity index is 1.68. The fourth-order valence-corrected chi connectivity index (χ4v) is 6.74. The van der Waals surface area contributed by atoms with Gasteiger partial charge in [-0.3, -0.25) is 0 Å². The number of allylic oxidation sites excluding steroid dienone is 4. The van der Waals surface area contributed by atoms with Gasteiger partial charge in [-0.2, -0.15) is 0 Å². The van der Waals surface area contributed by atoms with Crippen molar-refractivity contribution >= 4 is 50.5 Å². The van der Waals surface area contributed by atoms with Crippen LogP contribution in [-0.4, -0.2) is 0 Å². The lowest BCUT2D eigenvalue weighted by Crippen LogP contribution is -1.95. The molecule has 208 valence electrons. The molecule has 0 heterocycles. The van der Waals surface area contributed by atoms with Crippen molar-refractivity contribution in [2.24, 2.45) is 0 Å². The Hall–Kier alpha value is -5.29. The molecule has 0 saturated heterocycles. The van der Waals surface area contributed by atoms with E-state index in [0.29, 0.717) is 0 Å². The first kappa shape index (κ1) is 27.5. The van der Waals surface area contributed by atoms with E-state index in [1.165, 1.54) is 43.8 Å². The van der Waals surface area contributed by atoms with Gasteiger partial charge in [-0.1, -0.05) is 139 Å². The Morgan fingerprint density at radius 1 is 0.591 bits per heavy atom. The van der Waals surface area contributed by atoms with Gasteiger partial charge in [0.1, 0.15) is 0 Å². The highest BCUT2D eigenvalue weighted by Gasteiger charge is 2.21. The Labute approximate surface area is 264 Å². The van der Waals surface area contributed by atoms with Crippen LogP contribution < -0.4 is 0 Å². The summed E-state index contributed by atoms with van der Waals surface area (Å²) in [5, 5.41) is 7.10. The van der Waals surface area contributed by atoms with Gasteiger partial charge < -0.3 is 0 Å². The van der Waals surface area contributed by atoms with Gasteiger partial charge >= 0.3 is 0 Å². The van der Waals surface area contributed by atoms with Crippen molar-refractivity contribution in [3.8, 4) is 45.7 Å². The van der Waals surface area contributed by atoms with Crippen LogP contribution >= 0.6 is 12.6 Å². The standard InChI is InChI=1S/C43H30S/c1-3-5-16-29(4-2)34-26-25-30-17-12-13-22-33(30)43(34)39-27-37-38(28-40(39)44)42(32-20-10-7-11-21-32)36-24-15-14-23-35(36)41(37)31-18-8-6-9-19-31/h2-3,5-28,44H,1H3. The van der Waals surface area contributed by atoms with Gasteiger partial charge in [0.25, 0.3) is 0 Å². The lowest BCUT2D eigenvalue weighted by Gasteiger charge is -2.21. The topological polar surface area (TPSA) is 0 Å². The van der Waals surface area contributed by atoms with E-state index in [-0.39, 0.29) is 0 Å². The molecule has 0 saturated carbocycles. The molecule has 0 bridgehead atoms. The number of hydrogen-bond donors (Lipinski definition) is 1. The molecule has 0 aliphatic carbocycles. The van der Waals surface area contributed by atoms with Crippen LogP contribution in [0.2, 0.25) is 0 Å². The molecule has 44 heavy (non-hydrogen) atoms. The third kappa shape index (κ3) is 4.71. The van der Waals surface area contributed by atoms with E-state index in [2.05, 4.69) is 139 Å². The molecule has 0 aliphatic rings. The monoisotopic (exact) mass is 578 g/mol. The van der Waals surface area contributed by atoms with E-state index >= 15 is 0 Å². The minimum Gasteiger partial charge on any atom is -0.143 e. The van der Waals surface area contributed by atoms with Crippen molar-refractivity contribution in [2.75, 3.05) is 0 Å². The summed E-state index contributed by atoms with van der Waals surface area (Å²) in [4.78, 5) is 0.906. The van der Waals surface area contributed by atoms with Crippen LogP contribution in [0.25, 0.3) is 71.3 Å². The maximum absolute atomic E-state index is 6.14. The summed E-state index contributed by atoms with van der Waals surface area (Å²) in [6, 6.07) is 47.6. The van der Waals surface area contributed by atoms with E-state index in [9.17, 15) is 0 Å². The van der Waals surface area contributed by atoms with Crippen LogP contribution in [-0.2, 0) is 0 Å². The highest BCUT2D eigenvalue weighted by Crippen LogP contribution is 2.47. The molecule has 1 heteroatoms. The number of hydrogen-bond acceptors (Lipinski definition) is 1. The third-order valence-electron chi connectivity index (χ3n) is 8.36. The summed E-state index contributed by atoms with van der Waals surface area (Å²) in [6.45, 7) is 2.00. The maximum atomic E-state index is 6.14. The second-order valence-corrected chi connectivity index (χ2v) is 11.4. The van der Waals surface area contributed by atoms with Gasteiger partial charge in [-0.15, -0.1) is 19.1 Å². The first-order chi connectivity index (χ1) is 21.7. The number of fused-ring (bicyclic) bond motifs is 3. The van der Waals surface area contributed by atoms with E-state index < -0.39 is 0 Å². The number of terminal acetylenes is 1. The Morgan fingerprint density at radius 2 is 1.14 bits per heavy atom. The van der Waals surface area contributed by atoms with Gasteiger partial charge in [-0.25, -0.2) is 0 Å². The van der Waals surface area contributed by atoms with Gasteiger partial charge in [0.2, 0.25) is 0 Å². The fraction of sp³-hybridized carbons (Fsp3) is 0.0233. The highest BCUT2D eigenvalue weighted by molar-refractivity contribution is 7.80. The van der Waals surface area contributed by atoms with Crippen LogP contribution in [0.5, 0.6) is 0 Å². The molecule has 7 aromatic rings. The lowest BCUT2D eigenvalue weighted by molar-refractivity contribution is 1.49. The number of benzene rings is 7. The SMILES string of the molecule is C#CC(=CC=CC)c1ccc2ccccc2c1-c1cc2c(-c3ccccc3)c3ccccc3c(-c3ccccc3)c2cc1S. The molecule has 7 rings (SSSR count). The first-order valence-corrected chi connectivity index (χ1v) is 15.3. The van der Waals surface area contributed by atoms with Crippen LogP contribution in [0, 0.1) is 12.3 Å². The van der Waals surface area contributed by atoms with E-state index in [4.69, 9.17) is 19.1 Å². The lowest BCUT2D eigenvalue weighted by atomic mass is 9.83. The molecule has 0 aromatic heterocycles. The summed E-state index contributed by atoms with van der Waals surface area (Å²) in [5.74, 6) is 2.96. The Bertz CT molecular complexity index is 2280. The Morgan fingerprint density at radius 3 is 1.73 bits per heavy atom. The van der Waals surface area contributed by atoms with Crippen molar-refractivity contribution in [3.05, 3.63) is 157 Å².